The molecule has 0 saturated heterocycles. The first-order valence-corrected chi connectivity index (χ1v) is 2.91. The van der Waals surface area contributed by atoms with Crippen LogP contribution >= 0.6 is 25.3 Å². The molecule has 0 aromatic carbocycles. The summed E-state index contributed by atoms with van der Waals surface area (Å²) in [5.41, 5.74) is 0. The quantitative estimate of drug-likeness (QED) is 0.423. The Morgan fingerprint density at radius 3 is 1.50 bits per heavy atom. The highest BCUT2D eigenvalue weighted by molar-refractivity contribution is 7.99. The molecule has 0 rings (SSSR count). The van der Waals surface area contributed by atoms with Crippen LogP contribution in [-0.4, -0.2) is 4.58 Å². The Bertz CT molecular complexity index is 127. The Labute approximate surface area is 58.9 Å². The molecule has 0 fully saturated rings. The van der Waals surface area contributed by atoms with Crippen LogP contribution in [0.5, 0.6) is 0 Å². The number of hydrogen-bond donors (Lipinski definition) is 2. The van der Waals surface area contributed by atoms with E-state index in [2.05, 4.69) is 25.3 Å². The number of thiol groups is 2. The highest BCUT2D eigenvalue weighted by Gasteiger charge is 2.10. The predicted molar refractivity (Wildman–Crippen MR) is 36.5 cm³/mol. The molecule has 0 bridgehead atoms. The van der Waals surface area contributed by atoms with Gasteiger partial charge in [-0.15, -0.1) is 0 Å². The third-order valence-electron chi connectivity index (χ3n) is 0.576. The van der Waals surface area contributed by atoms with Crippen LogP contribution in [0.2, 0.25) is 0 Å². The van der Waals surface area contributed by atoms with Crippen LogP contribution in [-0.2, 0) is 0 Å². The Kier molecular flexibility index (Phi) is 3.51. The summed E-state index contributed by atoms with van der Waals surface area (Å²) in [4.78, 5) is 0. The Hall–Kier alpha value is -0.320. The fourth-order valence-corrected chi connectivity index (χ4v) is 0.429. The van der Waals surface area contributed by atoms with Crippen molar-refractivity contribution < 1.29 is 0 Å². The lowest BCUT2D eigenvalue weighted by Crippen LogP contribution is -2.02. The minimum absolute atomic E-state index is 0.454. The first-order chi connectivity index (χ1) is 3.72. The van der Waals surface area contributed by atoms with Gasteiger partial charge in [-0.25, -0.2) is 0 Å². The second kappa shape index (κ2) is 3.65. The van der Waals surface area contributed by atoms with Crippen molar-refractivity contribution in [2.24, 2.45) is 5.92 Å². The van der Waals surface area contributed by atoms with Gasteiger partial charge in [-0.3, -0.25) is 0 Å². The molecule has 8 heavy (non-hydrogen) atoms. The van der Waals surface area contributed by atoms with Crippen molar-refractivity contribution in [1.29, 1.82) is 10.5 Å². The van der Waals surface area contributed by atoms with Gasteiger partial charge in [-0.2, -0.15) is 35.8 Å². The summed E-state index contributed by atoms with van der Waals surface area (Å²) in [5, 5.41) is 16.3. The Morgan fingerprint density at radius 2 is 1.50 bits per heavy atom. The topological polar surface area (TPSA) is 47.6 Å². The summed E-state index contributed by atoms with van der Waals surface area (Å²) in [6, 6.07) is 3.47. The number of rotatable bonds is 1. The summed E-state index contributed by atoms with van der Waals surface area (Å²) in [7, 11) is 0. The van der Waals surface area contributed by atoms with Gasteiger partial charge in [0.15, 0.2) is 5.92 Å². The van der Waals surface area contributed by atoms with Crippen molar-refractivity contribution in [3.63, 3.8) is 0 Å². The maximum Gasteiger partial charge on any atom is 0.153 e. The van der Waals surface area contributed by atoms with Crippen molar-refractivity contribution >= 4 is 25.3 Å². The molecule has 0 aromatic heterocycles. The van der Waals surface area contributed by atoms with Gasteiger partial charge in [0, 0.05) is 0 Å². The molecule has 0 saturated carbocycles. The minimum atomic E-state index is -0.707. The molecule has 0 amide bonds. The van der Waals surface area contributed by atoms with Crippen LogP contribution in [0, 0.1) is 28.6 Å². The summed E-state index contributed by atoms with van der Waals surface area (Å²) in [6.07, 6.45) is 0. The standard InChI is InChI=1S/C4H4N2S2/c5-1-3(2-6)4(7)8/h3-4,7-8H. The van der Waals surface area contributed by atoms with Crippen LogP contribution in [0.15, 0.2) is 0 Å². The second-order valence-corrected chi connectivity index (χ2v) is 2.67. The van der Waals surface area contributed by atoms with Crippen molar-refractivity contribution in [3.8, 4) is 12.1 Å². The van der Waals surface area contributed by atoms with Crippen molar-refractivity contribution in [2.45, 2.75) is 4.58 Å². The summed E-state index contributed by atoms with van der Waals surface area (Å²) >= 11 is 7.54. The predicted octanol–water partition coefficient (Wildman–Crippen LogP) is 0.835. The van der Waals surface area contributed by atoms with Crippen molar-refractivity contribution in [2.75, 3.05) is 0 Å². The van der Waals surface area contributed by atoms with E-state index in [1.807, 2.05) is 0 Å². The third kappa shape index (κ3) is 2.11. The molecular weight excluding hydrogens is 140 g/mol. The summed E-state index contributed by atoms with van der Waals surface area (Å²) in [5.74, 6) is -0.707. The molecular formula is C4H4N2S2. The fourth-order valence-electron chi connectivity index (χ4n) is 0.162. The van der Waals surface area contributed by atoms with E-state index in [4.69, 9.17) is 10.5 Å². The van der Waals surface area contributed by atoms with Crippen LogP contribution in [0.3, 0.4) is 0 Å². The van der Waals surface area contributed by atoms with Gasteiger partial charge in [0.1, 0.15) is 0 Å². The SMILES string of the molecule is N#CC(C#N)C(S)S. The van der Waals surface area contributed by atoms with Crippen LogP contribution in [0.25, 0.3) is 0 Å². The number of nitrogens with zero attached hydrogens (tertiary/aromatic N) is 2. The van der Waals surface area contributed by atoms with Crippen molar-refractivity contribution in [1.82, 2.24) is 0 Å². The van der Waals surface area contributed by atoms with Crippen LogP contribution < -0.4 is 0 Å². The normalized spacial score (nSPS) is 8.75. The van der Waals surface area contributed by atoms with Gasteiger partial charge in [0.25, 0.3) is 0 Å². The van der Waals surface area contributed by atoms with E-state index in [1.54, 1.807) is 12.1 Å². The summed E-state index contributed by atoms with van der Waals surface area (Å²) < 4.78 is -0.454. The zero-order valence-corrected chi connectivity index (χ0v) is 5.73. The van der Waals surface area contributed by atoms with E-state index >= 15 is 0 Å². The zero-order chi connectivity index (χ0) is 6.57. The third-order valence-corrected chi connectivity index (χ3v) is 1.17. The first kappa shape index (κ1) is 7.68. The molecule has 0 unspecified atom stereocenters. The molecule has 0 aromatic rings. The molecule has 0 heterocycles. The average Bonchev–Trinajstić information content (AvgIpc) is 1.69. The lowest BCUT2D eigenvalue weighted by atomic mass is 10.2. The zero-order valence-electron chi connectivity index (χ0n) is 3.94. The van der Waals surface area contributed by atoms with Crippen LogP contribution in [0.4, 0.5) is 0 Å². The maximum atomic E-state index is 8.13. The molecule has 0 aliphatic heterocycles. The largest absolute Gasteiger partial charge is 0.197 e. The Balaban J connectivity index is 3.81. The molecule has 0 N–H and O–H groups in total. The van der Waals surface area contributed by atoms with Gasteiger partial charge in [0.2, 0.25) is 0 Å². The summed E-state index contributed by atoms with van der Waals surface area (Å²) in [6.45, 7) is 0. The molecule has 0 radical (unpaired) electrons. The molecule has 0 spiro atoms. The maximum absolute atomic E-state index is 8.13. The number of hydrogen-bond acceptors (Lipinski definition) is 4. The molecule has 0 atom stereocenters. The van der Waals surface area contributed by atoms with Gasteiger partial charge in [-0.05, 0) is 0 Å². The lowest BCUT2D eigenvalue weighted by Gasteiger charge is -1.97. The van der Waals surface area contributed by atoms with Gasteiger partial charge in [0.05, 0.1) is 16.7 Å². The van der Waals surface area contributed by atoms with Gasteiger partial charge < -0.3 is 0 Å². The molecule has 4 heteroatoms. The van der Waals surface area contributed by atoms with E-state index in [9.17, 15) is 0 Å². The van der Waals surface area contributed by atoms with Gasteiger partial charge in [-0.1, -0.05) is 0 Å². The average molecular weight is 144 g/mol. The Morgan fingerprint density at radius 1 is 1.12 bits per heavy atom. The smallest absolute Gasteiger partial charge is 0.153 e. The number of nitriles is 2. The van der Waals surface area contributed by atoms with E-state index in [0.717, 1.165) is 0 Å². The molecule has 0 aliphatic rings. The van der Waals surface area contributed by atoms with E-state index in [1.165, 1.54) is 0 Å². The molecule has 2 nitrogen and oxygen atoms in total. The minimum Gasteiger partial charge on any atom is -0.197 e. The highest BCUT2D eigenvalue weighted by atomic mass is 32.2. The molecule has 0 aliphatic carbocycles. The lowest BCUT2D eigenvalue weighted by molar-refractivity contribution is 0.956. The van der Waals surface area contributed by atoms with Crippen molar-refractivity contribution in [3.05, 3.63) is 0 Å². The van der Waals surface area contributed by atoms with E-state index in [0.29, 0.717) is 0 Å². The first-order valence-electron chi connectivity index (χ1n) is 1.87. The van der Waals surface area contributed by atoms with E-state index in [-0.39, 0.29) is 0 Å². The van der Waals surface area contributed by atoms with Gasteiger partial charge >= 0.3 is 0 Å². The molecule has 42 valence electrons. The monoisotopic (exact) mass is 144 g/mol. The van der Waals surface area contributed by atoms with E-state index < -0.39 is 10.5 Å². The highest BCUT2D eigenvalue weighted by Crippen LogP contribution is 2.11. The van der Waals surface area contributed by atoms with Crippen LogP contribution in [0.1, 0.15) is 0 Å². The fraction of sp³-hybridized carbons (Fsp3) is 0.500. The second-order valence-electron chi connectivity index (χ2n) is 1.15.